The summed E-state index contributed by atoms with van der Waals surface area (Å²) in [5, 5.41) is 0. The Hall–Kier alpha value is -1.59. The maximum absolute atomic E-state index is 12.6. The summed E-state index contributed by atoms with van der Waals surface area (Å²) in [5.41, 5.74) is 0. The largest absolute Gasteiger partial charge is 0.462 e. The van der Waals surface area contributed by atoms with E-state index in [1.165, 1.54) is 109 Å². The number of hydrogen-bond donors (Lipinski definition) is 0. The molecule has 0 heterocycles. The number of hydrogen-bond acceptors (Lipinski definition) is 6. The Morgan fingerprint density at radius 2 is 0.688 bits per heavy atom. The molecule has 0 aromatic carbocycles. The van der Waals surface area contributed by atoms with Crippen LogP contribution in [0.15, 0.2) is 0 Å². The topological polar surface area (TPSA) is 78.9 Å². The molecule has 48 heavy (non-hydrogen) atoms. The van der Waals surface area contributed by atoms with Gasteiger partial charge in [-0.2, -0.15) is 0 Å². The van der Waals surface area contributed by atoms with Gasteiger partial charge in [-0.3, -0.25) is 14.4 Å². The minimum Gasteiger partial charge on any atom is -0.462 e. The van der Waals surface area contributed by atoms with Gasteiger partial charge in [-0.05, 0) is 31.1 Å². The molecule has 0 saturated heterocycles. The van der Waals surface area contributed by atoms with Crippen LogP contribution >= 0.6 is 0 Å². The predicted molar refractivity (Wildman–Crippen MR) is 201 cm³/mol. The van der Waals surface area contributed by atoms with Gasteiger partial charge < -0.3 is 14.2 Å². The Morgan fingerprint density at radius 1 is 0.396 bits per heavy atom. The number of rotatable bonds is 36. The van der Waals surface area contributed by atoms with E-state index in [0.29, 0.717) is 19.3 Å². The highest BCUT2D eigenvalue weighted by Gasteiger charge is 2.19. The number of unbranched alkanes of at least 4 members (excludes halogenated alkanes) is 21. The van der Waals surface area contributed by atoms with Crippen molar-refractivity contribution in [3.8, 4) is 0 Å². The molecule has 0 aliphatic rings. The Balaban J connectivity index is 4.33. The van der Waals surface area contributed by atoms with E-state index in [4.69, 9.17) is 14.2 Å². The van der Waals surface area contributed by atoms with E-state index in [2.05, 4.69) is 34.6 Å². The third-order valence-electron chi connectivity index (χ3n) is 9.22. The molecule has 284 valence electrons. The zero-order chi connectivity index (χ0) is 35.5. The van der Waals surface area contributed by atoms with Gasteiger partial charge >= 0.3 is 17.9 Å². The highest BCUT2D eigenvalue weighted by Crippen LogP contribution is 2.15. The van der Waals surface area contributed by atoms with E-state index in [9.17, 15) is 14.4 Å². The van der Waals surface area contributed by atoms with Crippen LogP contribution in [0.25, 0.3) is 0 Å². The molecular formula is C42H80O6. The summed E-state index contributed by atoms with van der Waals surface area (Å²) in [6.07, 6.45) is 31.1. The fourth-order valence-corrected chi connectivity index (χ4v) is 6.05. The molecule has 0 saturated carbocycles. The molecule has 0 rings (SSSR count). The molecule has 0 aromatic heterocycles. The molecule has 1 atom stereocenters. The van der Waals surface area contributed by atoms with Crippen molar-refractivity contribution >= 4 is 17.9 Å². The minimum atomic E-state index is -0.760. The summed E-state index contributed by atoms with van der Waals surface area (Å²) >= 11 is 0. The van der Waals surface area contributed by atoms with Crippen molar-refractivity contribution in [1.82, 2.24) is 0 Å². The van der Waals surface area contributed by atoms with Gasteiger partial charge in [0.2, 0.25) is 0 Å². The molecule has 0 spiro atoms. The van der Waals surface area contributed by atoms with Crippen molar-refractivity contribution in [3.05, 3.63) is 0 Å². The smallest absolute Gasteiger partial charge is 0.306 e. The maximum Gasteiger partial charge on any atom is 0.306 e. The molecule has 6 heteroatoms. The normalized spacial score (nSPS) is 12.1. The third-order valence-corrected chi connectivity index (χ3v) is 9.22. The molecule has 0 fully saturated rings. The average molecular weight is 681 g/mol. The summed E-state index contributed by atoms with van der Waals surface area (Å²) in [7, 11) is 0. The Morgan fingerprint density at radius 3 is 1.02 bits per heavy atom. The van der Waals surface area contributed by atoms with Crippen LogP contribution in [0.3, 0.4) is 0 Å². The first kappa shape index (κ1) is 46.4. The monoisotopic (exact) mass is 681 g/mol. The van der Waals surface area contributed by atoms with Crippen molar-refractivity contribution in [2.45, 2.75) is 227 Å². The maximum atomic E-state index is 12.6. The van der Waals surface area contributed by atoms with Crippen molar-refractivity contribution in [2.24, 2.45) is 11.8 Å². The van der Waals surface area contributed by atoms with E-state index in [1.807, 2.05) is 0 Å². The molecule has 0 unspecified atom stereocenters. The quantitative estimate of drug-likeness (QED) is 0.0372. The molecule has 0 aromatic rings. The highest BCUT2D eigenvalue weighted by atomic mass is 16.6. The standard InChI is InChI=1S/C42H80O6/c1-6-7-8-9-10-11-12-13-14-15-22-27-32-40(43)46-35-39(48-42(45)34-29-24-19-17-21-26-31-38(4)5)36-47-41(44)33-28-23-18-16-20-25-30-37(2)3/h37-39H,6-36H2,1-5H3/t39-/m0/s1. The van der Waals surface area contributed by atoms with Crippen molar-refractivity contribution in [1.29, 1.82) is 0 Å². The first-order chi connectivity index (χ1) is 23.2. The van der Waals surface area contributed by atoms with Crippen LogP contribution in [0, 0.1) is 11.8 Å². The van der Waals surface area contributed by atoms with Gasteiger partial charge in [0.05, 0.1) is 0 Å². The average Bonchev–Trinajstić information content (AvgIpc) is 3.05. The molecular weight excluding hydrogens is 600 g/mol. The molecule has 0 amide bonds. The zero-order valence-electron chi connectivity index (χ0n) is 32.6. The summed E-state index contributed by atoms with van der Waals surface area (Å²) < 4.78 is 16.6. The summed E-state index contributed by atoms with van der Waals surface area (Å²) in [6, 6.07) is 0. The fraction of sp³-hybridized carbons (Fsp3) is 0.929. The van der Waals surface area contributed by atoms with Gasteiger partial charge in [0.25, 0.3) is 0 Å². The molecule has 6 nitrogen and oxygen atoms in total. The lowest BCUT2D eigenvalue weighted by Crippen LogP contribution is -2.30. The fourth-order valence-electron chi connectivity index (χ4n) is 6.05. The Labute approximate surface area is 298 Å². The predicted octanol–water partition coefficient (Wildman–Crippen LogP) is 12.6. The van der Waals surface area contributed by atoms with E-state index in [0.717, 1.165) is 69.6 Å². The summed E-state index contributed by atoms with van der Waals surface area (Å²) in [5.74, 6) is 0.650. The second-order valence-electron chi connectivity index (χ2n) is 15.2. The lowest BCUT2D eigenvalue weighted by Gasteiger charge is -2.18. The van der Waals surface area contributed by atoms with Crippen LogP contribution in [-0.4, -0.2) is 37.2 Å². The van der Waals surface area contributed by atoms with Crippen LogP contribution in [0.2, 0.25) is 0 Å². The van der Waals surface area contributed by atoms with Crippen LogP contribution in [0.4, 0.5) is 0 Å². The number of carbonyl (C=O) groups excluding carboxylic acids is 3. The van der Waals surface area contributed by atoms with Gasteiger partial charge in [-0.15, -0.1) is 0 Å². The Kier molecular flexibility index (Phi) is 34.1. The van der Waals surface area contributed by atoms with Gasteiger partial charge in [-0.25, -0.2) is 0 Å². The number of ether oxygens (including phenoxy) is 3. The number of esters is 3. The first-order valence-electron chi connectivity index (χ1n) is 20.7. The summed E-state index contributed by atoms with van der Waals surface area (Å²) in [4.78, 5) is 37.5. The van der Waals surface area contributed by atoms with Gasteiger partial charge in [0.1, 0.15) is 13.2 Å². The van der Waals surface area contributed by atoms with E-state index in [1.54, 1.807) is 0 Å². The molecule has 0 aliphatic carbocycles. The lowest BCUT2D eigenvalue weighted by molar-refractivity contribution is -0.167. The highest BCUT2D eigenvalue weighted by molar-refractivity contribution is 5.71. The Bertz CT molecular complexity index is 734. The number of carbonyl (C=O) groups is 3. The molecule has 0 radical (unpaired) electrons. The van der Waals surface area contributed by atoms with Crippen LogP contribution < -0.4 is 0 Å². The van der Waals surface area contributed by atoms with Crippen molar-refractivity contribution < 1.29 is 28.6 Å². The SMILES string of the molecule is CCCCCCCCCCCCCCC(=O)OC[C@@H](COC(=O)CCCCCCCCC(C)C)OC(=O)CCCCCCCCC(C)C. The second kappa shape index (κ2) is 35.2. The van der Waals surface area contributed by atoms with Gasteiger partial charge in [0, 0.05) is 19.3 Å². The second-order valence-corrected chi connectivity index (χ2v) is 15.2. The van der Waals surface area contributed by atoms with Crippen molar-refractivity contribution in [3.63, 3.8) is 0 Å². The van der Waals surface area contributed by atoms with Gasteiger partial charge in [-0.1, -0.05) is 182 Å². The third kappa shape index (κ3) is 35.7. The molecule has 0 aliphatic heterocycles. The molecule has 0 bridgehead atoms. The van der Waals surface area contributed by atoms with Gasteiger partial charge in [0.15, 0.2) is 6.10 Å². The van der Waals surface area contributed by atoms with Crippen LogP contribution in [0.5, 0.6) is 0 Å². The van der Waals surface area contributed by atoms with E-state index in [-0.39, 0.29) is 31.1 Å². The summed E-state index contributed by atoms with van der Waals surface area (Å²) in [6.45, 7) is 11.2. The van der Waals surface area contributed by atoms with E-state index < -0.39 is 6.10 Å². The zero-order valence-corrected chi connectivity index (χ0v) is 32.6. The van der Waals surface area contributed by atoms with Crippen LogP contribution in [-0.2, 0) is 28.6 Å². The molecule has 0 N–H and O–H groups in total. The van der Waals surface area contributed by atoms with Crippen molar-refractivity contribution in [2.75, 3.05) is 13.2 Å². The minimum absolute atomic E-state index is 0.0671. The van der Waals surface area contributed by atoms with E-state index >= 15 is 0 Å². The first-order valence-corrected chi connectivity index (χ1v) is 20.7. The lowest BCUT2D eigenvalue weighted by atomic mass is 10.0. The van der Waals surface area contributed by atoms with Crippen LogP contribution in [0.1, 0.15) is 221 Å².